The fourth-order valence-electron chi connectivity index (χ4n) is 2.59. The minimum absolute atomic E-state index is 0.281. The number of carbonyl (C=O) groups is 2. The van der Waals surface area contributed by atoms with E-state index in [1.807, 2.05) is 0 Å². The molecule has 1 saturated heterocycles. The number of halogens is 1. The van der Waals surface area contributed by atoms with Crippen molar-refractivity contribution < 1.29 is 23.8 Å². The Kier molecular flexibility index (Phi) is 5.68. The third-order valence-electron chi connectivity index (χ3n) is 3.85. The molecule has 1 aromatic carbocycles. The van der Waals surface area contributed by atoms with E-state index in [1.54, 1.807) is 6.92 Å². The van der Waals surface area contributed by atoms with Crippen molar-refractivity contribution in [3.8, 4) is 0 Å². The fraction of sp³-hybridized carbons (Fsp3) is 0.500. The zero-order chi connectivity index (χ0) is 17.0. The van der Waals surface area contributed by atoms with Gasteiger partial charge in [0, 0.05) is 6.04 Å². The van der Waals surface area contributed by atoms with Crippen LogP contribution in [0.4, 0.5) is 4.39 Å². The molecule has 4 atom stereocenters. The quantitative estimate of drug-likeness (QED) is 0.720. The smallest absolute Gasteiger partial charge is 0.249 e. The number of hydrogen-bond donors (Lipinski definition) is 3. The summed E-state index contributed by atoms with van der Waals surface area (Å²) in [6.07, 6.45) is -1.08. The minimum Gasteiger partial charge on any atom is -0.388 e. The van der Waals surface area contributed by atoms with Gasteiger partial charge in [-0.3, -0.25) is 9.59 Å². The van der Waals surface area contributed by atoms with Gasteiger partial charge in [0.15, 0.2) is 0 Å². The predicted octanol–water partition coefficient (Wildman–Crippen LogP) is 0.787. The second-order valence-electron chi connectivity index (χ2n) is 5.81. The molecule has 1 aromatic rings. The average molecular weight is 324 g/mol. The van der Waals surface area contributed by atoms with Gasteiger partial charge in [-0.25, -0.2) is 4.39 Å². The van der Waals surface area contributed by atoms with Gasteiger partial charge in [-0.2, -0.15) is 0 Å². The maximum absolute atomic E-state index is 12.9. The van der Waals surface area contributed by atoms with Gasteiger partial charge in [0.25, 0.3) is 0 Å². The zero-order valence-corrected chi connectivity index (χ0v) is 12.9. The van der Waals surface area contributed by atoms with E-state index in [-0.39, 0.29) is 24.2 Å². The van der Waals surface area contributed by atoms with Crippen LogP contribution < -0.4 is 11.1 Å². The van der Waals surface area contributed by atoms with E-state index in [1.165, 1.54) is 24.3 Å². The van der Waals surface area contributed by atoms with Crippen molar-refractivity contribution in [2.45, 2.75) is 50.5 Å². The summed E-state index contributed by atoms with van der Waals surface area (Å²) >= 11 is 0. The van der Waals surface area contributed by atoms with Gasteiger partial charge in [-0.15, -0.1) is 0 Å². The van der Waals surface area contributed by atoms with Crippen molar-refractivity contribution in [3.63, 3.8) is 0 Å². The lowest BCUT2D eigenvalue weighted by Crippen LogP contribution is -2.41. The van der Waals surface area contributed by atoms with Gasteiger partial charge in [-0.1, -0.05) is 12.1 Å². The molecule has 0 aromatic heterocycles. The van der Waals surface area contributed by atoms with Crippen LogP contribution in [-0.4, -0.2) is 35.2 Å². The molecule has 6 nitrogen and oxygen atoms in total. The van der Waals surface area contributed by atoms with Crippen LogP contribution >= 0.6 is 0 Å². The summed E-state index contributed by atoms with van der Waals surface area (Å²) in [6, 6.07) is 5.26. The molecule has 0 aliphatic carbocycles. The van der Waals surface area contributed by atoms with Crippen molar-refractivity contribution in [3.05, 3.63) is 35.6 Å². The van der Waals surface area contributed by atoms with Gasteiger partial charge in [-0.05, 0) is 43.9 Å². The molecule has 0 radical (unpaired) electrons. The minimum atomic E-state index is -0.811. The van der Waals surface area contributed by atoms with Gasteiger partial charge >= 0.3 is 0 Å². The van der Waals surface area contributed by atoms with Crippen LogP contribution in [0.3, 0.4) is 0 Å². The zero-order valence-electron chi connectivity index (χ0n) is 12.9. The fourth-order valence-corrected chi connectivity index (χ4v) is 2.59. The summed E-state index contributed by atoms with van der Waals surface area (Å²) in [5.74, 6) is -1.27. The summed E-state index contributed by atoms with van der Waals surface area (Å²) in [4.78, 5) is 23.1. The monoisotopic (exact) mass is 324 g/mol. The summed E-state index contributed by atoms with van der Waals surface area (Å²) in [5, 5.41) is 12.9. The molecule has 7 heteroatoms. The molecule has 23 heavy (non-hydrogen) atoms. The maximum atomic E-state index is 12.9. The van der Waals surface area contributed by atoms with Crippen molar-refractivity contribution >= 4 is 11.8 Å². The van der Waals surface area contributed by atoms with Gasteiger partial charge in [0.05, 0.1) is 6.10 Å². The Morgan fingerprint density at radius 1 is 1.35 bits per heavy atom. The number of aliphatic hydroxyl groups excluding tert-OH is 1. The second-order valence-corrected chi connectivity index (χ2v) is 5.81. The summed E-state index contributed by atoms with van der Waals surface area (Å²) in [6.45, 7) is 1.76. The molecule has 126 valence electrons. The van der Waals surface area contributed by atoms with E-state index in [4.69, 9.17) is 10.5 Å². The van der Waals surface area contributed by atoms with Gasteiger partial charge < -0.3 is 20.9 Å². The average Bonchev–Trinajstić information content (AvgIpc) is 2.97. The number of primary amides is 1. The number of nitrogens with two attached hydrogens (primary N) is 1. The molecule has 0 saturated carbocycles. The Morgan fingerprint density at radius 2 is 1.96 bits per heavy atom. The number of amides is 2. The molecule has 4 N–H and O–H groups in total. The van der Waals surface area contributed by atoms with Crippen LogP contribution in [0.1, 0.15) is 37.9 Å². The number of carbonyl (C=O) groups excluding carboxylic acids is 2. The third-order valence-corrected chi connectivity index (χ3v) is 3.85. The lowest BCUT2D eigenvalue weighted by molar-refractivity contribution is -0.138. The van der Waals surface area contributed by atoms with Crippen molar-refractivity contribution in [2.24, 2.45) is 5.73 Å². The molecule has 0 unspecified atom stereocenters. The number of rotatable bonds is 6. The Labute approximate surface area is 133 Å². The first-order valence-corrected chi connectivity index (χ1v) is 7.55. The van der Waals surface area contributed by atoms with Crippen molar-refractivity contribution in [2.75, 3.05) is 0 Å². The van der Waals surface area contributed by atoms with E-state index >= 15 is 0 Å². The number of nitrogens with one attached hydrogen (secondary N) is 1. The first-order chi connectivity index (χ1) is 10.9. The van der Waals surface area contributed by atoms with E-state index in [0.29, 0.717) is 18.4 Å². The van der Waals surface area contributed by atoms with Crippen LogP contribution in [0.2, 0.25) is 0 Å². The van der Waals surface area contributed by atoms with Crippen LogP contribution in [0.25, 0.3) is 0 Å². The molecule has 1 heterocycles. The Morgan fingerprint density at radius 3 is 2.52 bits per heavy atom. The molecule has 2 rings (SSSR count). The number of hydrogen-bond acceptors (Lipinski definition) is 4. The van der Waals surface area contributed by atoms with E-state index in [2.05, 4.69) is 5.32 Å². The highest BCUT2D eigenvalue weighted by Crippen LogP contribution is 2.21. The summed E-state index contributed by atoms with van der Waals surface area (Å²) in [5.41, 5.74) is 5.73. The summed E-state index contributed by atoms with van der Waals surface area (Å²) < 4.78 is 18.2. The molecule has 1 aliphatic rings. The summed E-state index contributed by atoms with van der Waals surface area (Å²) in [7, 11) is 0. The topological polar surface area (TPSA) is 102 Å². The molecular weight excluding hydrogens is 303 g/mol. The molecule has 0 spiro atoms. The Balaban J connectivity index is 1.82. The predicted molar refractivity (Wildman–Crippen MR) is 80.7 cm³/mol. The first-order valence-electron chi connectivity index (χ1n) is 7.55. The van der Waals surface area contributed by atoms with Crippen LogP contribution in [0.15, 0.2) is 24.3 Å². The Hall–Kier alpha value is -1.99. The molecule has 0 bridgehead atoms. The second kappa shape index (κ2) is 7.52. The highest BCUT2D eigenvalue weighted by Gasteiger charge is 2.34. The largest absolute Gasteiger partial charge is 0.388 e. The lowest BCUT2D eigenvalue weighted by Gasteiger charge is -2.20. The standard InChI is InChI=1S/C16H21FN2O4/c1-9(8-12(20)10-2-4-11(17)5-3-10)19-16(22)14-7-6-13(23-14)15(18)21/h2-5,9,12-14,20H,6-8H2,1H3,(H2,18,21)(H,19,22)/t9-,12+,13-,14-/m1/s1. The molecule has 1 aliphatic heterocycles. The highest BCUT2D eigenvalue weighted by atomic mass is 19.1. The third kappa shape index (κ3) is 4.74. The van der Waals surface area contributed by atoms with Crippen LogP contribution in [0, 0.1) is 5.82 Å². The van der Waals surface area contributed by atoms with Crippen molar-refractivity contribution in [1.29, 1.82) is 0 Å². The molecular formula is C16H21FN2O4. The lowest BCUT2D eigenvalue weighted by atomic mass is 10.0. The normalized spacial score (nSPS) is 23.3. The van der Waals surface area contributed by atoms with Crippen molar-refractivity contribution in [1.82, 2.24) is 5.32 Å². The van der Waals surface area contributed by atoms with Gasteiger partial charge in [0.2, 0.25) is 11.8 Å². The van der Waals surface area contributed by atoms with E-state index in [9.17, 15) is 19.1 Å². The number of aliphatic hydroxyl groups is 1. The Bertz CT molecular complexity index is 564. The van der Waals surface area contributed by atoms with E-state index in [0.717, 1.165) is 0 Å². The first kappa shape index (κ1) is 17.4. The SMILES string of the molecule is C[C@H](C[C@H](O)c1ccc(F)cc1)NC(=O)[C@H]1CC[C@H](C(N)=O)O1. The number of benzene rings is 1. The van der Waals surface area contributed by atoms with Gasteiger partial charge in [0.1, 0.15) is 18.0 Å². The number of ether oxygens (including phenoxy) is 1. The maximum Gasteiger partial charge on any atom is 0.249 e. The van der Waals surface area contributed by atoms with Crippen LogP contribution in [-0.2, 0) is 14.3 Å². The highest BCUT2D eigenvalue weighted by molar-refractivity contribution is 5.84. The van der Waals surface area contributed by atoms with E-state index < -0.39 is 24.2 Å². The van der Waals surface area contributed by atoms with Crippen LogP contribution in [0.5, 0.6) is 0 Å². The molecule has 2 amide bonds. The molecule has 1 fully saturated rings.